The molecule has 0 bridgehead atoms. The van der Waals surface area contributed by atoms with Crippen LogP contribution in [0.25, 0.3) is 0 Å². The summed E-state index contributed by atoms with van der Waals surface area (Å²) < 4.78 is 36.4. The molecular weight excluding hydrogens is 450 g/mol. The number of carbonyl (C=O) groups excluding carboxylic acids is 5. The summed E-state index contributed by atoms with van der Waals surface area (Å²) in [5.74, 6) is -3.82. The van der Waals surface area contributed by atoms with E-state index >= 15 is 0 Å². The molecule has 0 spiro atoms. The standard InChI is InChI=1S/C18H25N3O10S/c1-29-10-11-30-12-13-32(27,28)19(8-9-20-14(22)2-3-15(20)23)7-6-18(26)31-21-16(24)4-5-17(21)25/h2-3H,4-13H2,1H3. The first-order valence-electron chi connectivity index (χ1n) is 9.80. The van der Waals surface area contributed by atoms with Gasteiger partial charge in [-0.1, -0.05) is 0 Å². The molecule has 0 aliphatic carbocycles. The van der Waals surface area contributed by atoms with Crippen molar-refractivity contribution in [2.24, 2.45) is 0 Å². The molecule has 14 heteroatoms. The van der Waals surface area contributed by atoms with Gasteiger partial charge in [0.15, 0.2) is 0 Å². The van der Waals surface area contributed by atoms with Gasteiger partial charge in [0.1, 0.15) is 0 Å². The quantitative estimate of drug-likeness (QED) is 0.207. The average molecular weight is 475 g/mol. The van der Waals surface area contributed by atoms with E-state index in [1.807, 2.05) is 0 Å². The topological polar surface area (TPSA) is 157 Å². The third-order valence-electron chi connectivity index (χ3n) is 4.55. The Morgan fingerprint density at radius 1 is 1.00 bits per heavy atom. The zero-order chi connectivity index (χ0) is 23.7. The van der Waals surface area contributed by atoms with Gasteiger partial charge < -0.3 is 14.3 Å². The molecule has 0 aromatic carbocycles. The van der Waals surface area contributed by atoms with Crippen molar-refractivity contribution in [2.45, 2.75) is 19.3 Å². The maximum absolute atomic E-state index is 12.7. The minimum atomic E-state index is -3.94. The largest absolute Gasteiger partial charge is 0.382 e. The lowest BCUT2D eigenvalue weighted by Gasteiger charge is -2.24. The van der Waals surface area contributed by atoms with Crippen LogP contribution in [0.2, 0.25) is 0 Å². The number of amides is 4. The van der Waals surface area contributed by atoms with Gasteiger partial charge in [0.05, 0.1) is 32.0 Å². The van der Waals surface area contributed by atoms with Crippen molar-refractivity contribution in [1.82, 2.24) is 14.3 Å². The Morgan fingerprint density at radius 2 is 1.62 bits per heavy atom. The fourth-order valence-electron chi connectivity index (χ4n) is 2.81. The summed E-state index contributed by atoms with van der Waals surface area (Å²) in [5, 5.41) is 0.373. The van der Waals surface area contributed by atoms with E-state index < -0.39 is 51.8 Å². The molecule has 0 aromatic heterocycles. The Hall–Kier alpha value is -2.68. The van der Waals surface area contributed by atoms with Crippen LogP contribution in [0.5, 0.6) is 0 Å². The monoisotopic (exact) mass is 475 g/mol. The molecule has 0 saturated carbocycles. The van der Waals surface area contributed by atoms with Crippen LogP contribution in [-0.4, -0.2) is 105 Å². The molecular formula is C18H25N3O10S. The van der Waals surface area contributed by atoms with E-state index in [2.05, 4.69) is 0 Å². The Bertz CT molecular complexity index is 851. The molecule has 2 heterocycles. The number of hydrogen-bond acceptors (Lipinski definition) is 10. The molecule has 178 valence electrons. The van der Waals surface area contributed by atoms with Crippen LogP contribution in [0.15, 0.2) is 12.2 Å². The maximum atomic E-state index is 12.7. The Morgan fingerprint density at radius 3 is 2.22 bits per heavy atom. The molecule has 1 saturated heterocycles. The summed E-state index contributed by atoms with van der Waals surface area (Å²) in [6.45, 7) is -0.471. The number of rotatable bonds is 14. The van der Waals surface area contributed by atoms with Gasteiger partial charge in [0.25, 0.3) is 23.6 Å². The molecule has 0 radical (unpaired) electrons. The van der Waals surface area contributed by atoms with Crippen LogP contribution in [0.1, 0.15) is 19.3 Å². The Balaban J connectivity index is 1.96. The van der Waals surface area contributed by atoms with Gasteiger partial charge in [-0.05, 0) is 0 Å². The van der Waals surface area contributed by atoms with E-state index in [1.165, 1.54) is 7.11 Å². The van der Waals surface area contributed by atoms with Crippen molar-refractivity contribution >= 4 is 39.6 Å². The van der Waals surface area contributed by atoms with Crippen molar-refractivity contribution in [2.75, 3.05) is 52.3 Å². The lowest BCUT2D eigenvalue weighted by molar-refractivity contribution is -0.197. The zero-order valence-electron chi connectivity index (χ0n) is 17.6. The summed E-state index contributed by atoms with van der Waals surface area (Å²) in [7, 11) is -2.47. The number of ether oxygens (including phenoxy) is 2. The highest BCUT2D eigenvalue weighted by Gasteiger charge is 2.33. The number of sulfonamides is 1. The summed E-state index contributed by atoms with van der Waals surface area (Å²) in [6.07, 6.45) is 1.56. The lowest BCUT2D eigenvalue weighted by atomic mass is 10.4. The highest BCUT2D eigenvalue weighted by molar-refractivity contribution is 7.89. The molecule has 0 aromatic rings. The fourth-order valence-corrected chi connectivity index (χ4v) is 4.13. The van der Waals surface area contributed by atoms with Crippen molar-refractivity contribution in [3.63, 3.8) is 0 Å². The minimum absolute atomic E-state index is 0.0678. The number of imide groups is 2. The number of nitrogens with zero attached hydrogens (tertiary/aromatic N) is 3. The third kappa shape index (κ3) is 7.19. The third-order valence-corrected chi connectivity index (χ3v) is 6.38. The van der Waals surface area contributed by atoms with Gasteiger partial charge in [-0.25, -0.2) is 13.2 Å². The second kappa shape index (κ2) is 11.8. The van der Waals surface area contributed by atoms with E-state index in [0.29, 0.717) is 5.06 Å². The number of hydroxylamine groups is 2. The van der Waals surface area contributed by atoms with Crippen molar-refractivity contribution in [3.05, 3.63) is 12.2 Å². The number of methoxy groups -OCH3 is 1. The molecule has 2 rings (SSSR count). The van der Waals surface area contributed by atoms with Crippen molar-refractivity contribution in [1.29, 1.82) is 0 Å². The van der Waals surface area contributed by atoms with Crippen LogP contribution < -0.4 is 0 Å². The van der Waals surface area contributed by atoms with Gasteiger partial charge in [-0.2, -0.15) is 4.31 Å². The van der Waals surface area contributed by atoms with Gasteiger partial charge in [0.2, 0.25) is 10.0 Å². The summed E-state index contributed by atoms with van der Waals surface area (Å²) >= 11 is 0. The fraction of sp³-hybridized carbons (Fsp3) is 0.611. The smallest absolute Gasteiger partial charge is 0.334 e. The van der Waals surface area contributed by atoms with Crippen LogP contribution in [0, 0.1) is 0 Å². The van der Waals surface area contributed by atoms with Crippen LogP contribution in [-0.2, 0) is 48.3 Å². The van der Waals surface area contributed by atoms with Gasteiger partial charge in [-0.3, -0.25) is 24.1 Å². The molecule has 0 N–H and O–H groups in total. The first kappa shape index (κ1) is 25.6. The molecule has 2 aliphatic rings. The van der Waals surface area contributed by atoms with E-state index in [4.69, 9.17) is 14.3 Å². The van der Waals surface area contributed by atoms with Gasteiger partial charge >= 0.3 is 5.97 Å². The second-order valence-electron chi connectivity index (χ2n) is 6.78. The molecule has 4 amide bonds. The predicted octanol–water partition coefficient (Wildman–Crippen LogP) is -1.80. The molecule has 0 atom stereocenters. The van der Waals surface area contributed by atoms with Crippen LogP contribution in [0.4, 0.5) is 0 Å². The lowest BCUT2D eigenvalue weighted by Crippen LogP contribution is -2.43. The summed E-state index contributed by atoms with van der Waals surface area (Å²) in [5.41, 5.74) is 0. The summed E-state index contributed by atoms with van der Waals surface area (Å²) in [4.78, 5) is 64.2. The average Bonchev–Trinajstić information content (AvgIpc) is 3.23. The molecule has 0 unspecified atom stereocenters. The SMILES string of the molecule is COCCOCCS(=O)(=O)N(CCC(=O)ON1C(=O)CCC1=O)CCN1C(=O)C=CC1=O. The van der Waals surface area contributed by atoms with E-state index in [0.717, 1.165) is 21.4 Å². The highest BCUT2D eigenvalue weighted by Crippen LogP contribution is 2.13. The second-order valence-corrected chi connectivity index (χ2v) is 8.87. The minimum Gasteiger partial charge on any atom is -0.382 e. The molecule has 2 aliphatic heterocycles. The summed E-state index contributed by atoms with van der Waals surface area (Å²) in [6, 6.07) is 0. The highest BCUT2D eigenvalue weighted by atomic mass is 32.2. The normalized spacial score (nSPS) is 16.7. The van der Waals surface area contributed by atoms with E-state index in [1.54, 1.807) is 0 Å². The number of carbonyl (C=O) groups is 5. The first-order valence-corrected chi connectivity index (χ1v) is 11.4. The van der Waals surface area contributed by atoms with Crippen LogP contribution in [0.3, 0.4) is 0 Å². The zero-order valence-corrected chi connectivity index (χ0v) is 18.4. The van der Waals surface area contributed by atoms with Crippen LogP contribution >= 0.6 is 0 Å². The maximum Gasteiger partial charge on any atom is 0.334 e. The molecule has 13 nitrogen and oxygen atoms in total. The Kier molecular flexibility index (Phi) is 9.43. The van der Waals surface area contributed by atoms with Crippen molar-refractivity contribution < 1.29 is 46.7 Å². The Labute approximate surface area is 184 Å². The van der Waals surface area contributed by atoms with Crippen molar-refractivity contribution in [3.8, 4) is 0 Å². The first-order chi connectivity index (χ1) is 15.2. The van der Waals surface area contributed by atoms with Gasteiger partial charge in [-0.15, -0.1) is 5.06 Å². The van der Waals surface area contributed by atoms with Gasteiger partial charge in [0, 0.05) is 51.7 Å². The number of hydrogen-bond donors (Lipinski definition) is 0. The molecule has 32 heavy (non-hydrogen) atoms. The molecule has 1 fully saturated rings. The van der Waals surface area contributed by atoms with E-state index in [9.17, 15) is 32.4 Å². The van der Waals surface area contributed by atoms with E-state index in [-0.39, 0.29) is 52.3 Å². The predicted molar refractivity (Wildman–Crippen MR) is 106 cm³/mol.